The number of nitrogens with two attached hydrogens (primary N) is 1. The number of methoxy groups -OCH3 is 1. The molecular weight excluding hydrogens is 453 g/mol. The van der Waals surface area contributed by atoms with Crippen LogP contribution in [0, 0.1) is 17.6 Å². The van der Waals surface area contributed by atoms with E-state index in [1.54, 1.807) is 0 Å². The Kier molecular flexibility index (Phi) is 6.33. The predicted molar refractivity (Wildman–Crippen MR) is 106 cm³/mol. The van der Waals surface area contributed by atoms with Crippen molar-refractivity contribution < 1.29 is 41.0 Å². The molecule has 1 saturated heterocycles. The standard InChI is InChI=1S/C21H20F5N3O4/c1-9-14(11-4-5-12(22)15(23)16(11)32-3)17(33-20(9,2)21(24,25)26)19(31)29-10-6-7-28-13(8-10)18(27)30/h4-9,14,17H,1-3H3,(H2,27,30)(H,28,29,31)/t9?,14?,17-,20?/m1/s1. The maximum Gasteiger partial charge on any atom is 0.417 e. The Morgan fingerprint density at radius 2 is 1.91 bits per heavy atom. The topological polar surface area (TPSA) is 104 Å². The number of hydrogen-bond donors (Lipinski definition) is 2. The minimum absolute atomic E-state index is 0.0247. The maximum atomic E-state index is 14.4. The van der Waals surface area contributed by atoms with E-state index in [1.165, 1.54) is 19.2 Å². The van der Waals surface area contributed by atoms with Crippen LogP contribution in [0.2, 0.25) is 0 Å². The van der Waals surface area contributed by atoms with Gasteiger partial charge in [0.25, 0.3) is 11.8 Å². The summed E-state index contributed by atoms with van der Waals surface area (Å²) in [5.74, 6) is -7.94. The van der Waals surface area contributed by atoms with Crippen molar-refractivity contribution in [3.8, 4) is 5.75 Å². The normalized spacial score (nSPS) is 25.0. The van der Waals surface area contributed by atoms with E-state index in [1.807, 2.05) is 0 Å². The zero-order chi connectivity index (χ0) is 24.7. The largest absolute Gasteiger partial charge is 0.493 e. The molecular formula is C21H20F5N3O4. The second-order valence-corrected chi connectivity index (χ2v) is 7.72. The maximum absolute atomic E-state index is 14.4. The summed E-state index contributed by atoms with van der Waals surface area (Å²) in [5.41, 5.74) is 2.04. The van der Waals surface area contributed by atoms with Crippen LogP contribution in [0.3, 0.4) is 0 Å². The number of nitrogens with one attached hydrogen (secondary N) is 1. The number of benzene rings is 1. The van der Waals surface area contributed by atoms with Crippen molar-refractivity contribution in [1.82, 2.24) is 4.98 Å². The van der Waals surface area contributed by atoms with Crippen LogP contribution in [0.15, 0.2) is 30.5 Å². The summed E-state index contributed by atoms with van der Waals surface area (Å²) in [4.78, 5) is 28.1. The molecule has 3 rings (SSSR count). The second kappa shape index (κ2) is 8.58. The summed E-state index contributed by atoms with van der Waals surface area (Å²) < 4.78 is 80.1. The van der Waals surface area contributed by atoms with Crippen LogP contribution in [0.1, 0.15) is 35.8 Å². The minimum atomic E-state index is -4.89. The van der Waals surface area contributed by atoms with Crippen LogP contribution >= 0.6 is 0 Å². The molecule has 3 unspecified atom stereocenters. The highest BCUT2D eigenvalue weighted by atomic mass is 19.4. The van der Waals surface area contributed by atoms with E-state index in [4.69, 9.17) is 15.2 Å². The number of rotatable bonds is 5. The number of carbonyl (C=O) groups is 2. The van der Waals surface area contributed by atoms with Crippen LogP contribution in [0.25, 0.3) is 0 Å². The molecule has 1 fully saturated rings. The Bertz CT molecular complexity index is 1090. The third-order valence-electron chi connectivity index (χ3n) is 5.85. The number of nitrogens with zero attached hydrogens (tertiary/aromatic N) is 1. The van der Waals surface area contributed by atoms with Gasteiger partial charge in [-0.15, -0.1) is 0 Å². The van der Waals surface area contributed by atoms with E-state index in [0.717, 1.165) is 32.2 Å². The lowest BCUT2D eigenvalue weighted by atomic mass is 9.77. The molecule has 0 aliphatic carbocycles. The van der Waals surface area contributed by atoms with Gasteiger partial charge in [-0.2, -0.15) is 17.6 Å². The molecule has 7 nitrogen and oxygen atoms in total. The number of alkyl halides is 3. The first-order valence-corrected chi connectivity index (χ1v) is 9.65. The summed E-state index contributed by atoms with van der Waals surface area (Å²) >= 11 is 0. The molecule has 1 aromatic heterocycles. The van der Waals surface area contributed by atoms with Crippen LogP contribution in [0.4, 0.5) is 27.6 Å². The van der Waals surface area contributed by atoms with Crippen molar-refractivity contribution in [2.45, 2.75) is 37.6 Å². The summed E-state index contributed by atoms with van der Waals surface area (Å²) in [6, 6.07) is 4.22. The fraction of sp³-hybridized carbons (Fsp3) is 0.381. The van der Waals surface area contributed by atoms with Crippen molar-refractivity contribution >= 4 is 17.5 Å². The SMILES string of the molecule is COc1c(C2C(C)C(C)(C(F)(F)F)O[C@H]2C(=O)Nc2ccnc(C(N)=O)c2)ccc(F)c1F. The molecule has 2 heterocycles. The van der Waals surface area contributed by atoms with Crippen molar-refractivity contribution in [2.24, 2.45) is 11.7 Å². The number of pyridine rings is 1. The average Bonchev–Trinajstić information content (AvgIpc) is 3.02. The first-order valence-electron chi connectivity index (χ1n) is 9.65. The van der Waals surface area contributed by atoms with Gasteiger partial charge in [0.05, 0.1) is 7.11 Å². The van der Waals surface area contributed by atoms with Gasteiger partial charge in [-0.3, -0.25) is 14.6 Å². The number of hydrogen-bond acceptors (Lipinski definition) is 5. The van der Waals surface area contributed by atoms with Crippen LogP contribution < -0.4 is 15.8 Å². The Hall–Kier alpha value is -3.28. The van der Waals surface area contributed by atoms with Gasteiger partial charge in [-0.1, -0.05) is 13.0 Å². The first kappa shape index (κ1) is 24.4. The number of primary amides is 1. The van der Waals surface area contributed by atoms with Gasteiger partial charge in [-0.05, 0) is 25.1 Å². The van der Waals surface area contributed by atoms with E-state index in [-0.39, 0.29) is 16.9 Å². The molecule has 2 aromatic rings. The van der Waals surface area contributed by atoms with Crippen LogP contribution in [-0.2, 0) is 9.53 Å². The number of anilines is 1. The summed E-state index contributed by atoms with van der Waals surface area (Å²) in [6.45, 7) is 1.98. The first-order chi connectivity index (χ1) is 15.3. The van der Waals surface area contributed by atoms with Gasteiger partial charge in [0, 0.05) is 29.3 Å². The molecule has 3 N–H and O–H groups in total. The van der Waals surface area contributed by atoms with Crippen LogP contribution in [0.5, 0.6) is 5.75 Å². The third kappa shape index (κ3) is 4.22. The molecule has 2 amide bonds. The second-order valence-electron chi connectivity index (χ2n) is 7.72. The number of halogens is 5. The van der Waals surface area contributed by atoms with Gasteiger partial charge in [-0.25, -0.2) is 4.39 Å². The number of aromatic nitrogens is 1. The lowest BCUT2D eigenvalue weighted by Gasteiger charge is -2.32. The Labute approximate surface area is 185 Å². The predicted octanol–water partition coefficient (Wildman–Crippen LogP) is 3.55. The molecule has 12 heteroatoms. The smallest absolute Gasteiger partial charge is 0.417 e. The molecule has 33 heavy (non-hydrogen) atoms. The van der Waals surface area contributed by atoms with E-state index in [2.05, 4.69) is 10.3 Å². The molecule has 1 aromatic carbocycles. The molecule has 0 saturated carbocycles. The van der Waals surface area contributed by atoms with E-state index < -0.39 is 58.9 Å². The van der Waals surface area contributed by atoms with Gasteiger partial charge >= 0.3 is 6.18 Å². The Balaban J connectivity index is 2.07. The van der Waals surface area contributed by atoms with E-state index in [0.29, 0.717) is 0 Å². The van der Waals surface area contributed by atoms with Crippen molar-refractivity contribution in [2.75, 3.05) is 12.4 Å². The number of carbonyl (C=O) groups excluding carboxylic acids is 2. The fourth-order valence-corrected chi connectivity index (χ4v) is 3.90. The lowest BCUT2D eigenvalue weighted by Crippen LogP contribution is -2.47. The number of amides is 2. The highest BCUT2D eigenvalue weighted by Gasteiger charge is 2.65. The van der Waals surface area contributed by atoms with Crippen molar-refractivity contribution in [1.29, 1.82) is 0 Å². The molecule has 1 aliphatic rings. The van der Waals surface area contributed by atoms with Crippen molar-refractivity contribution in [3.63, 3.8) is 0 Å². The summed E-state index contributed by atoms with van der Waals surface area (Å²) in [6.07, 6.45) is -5.49. The Morgan fingerprint density at radius 1 is 1.24 bits per heavy atom. The molecule has 0 radical (unpaired) electrons. The molecule has 0 spiro atoms. The lowest BCUT2D eigenvalue weighted by molar-refractivity contribution is -0.272. The van der Waals surface area contributed by atoms with Gasteiger partial charge in [0.1, 0.15) is 11.8 Å². The fourth-order valence-electron chi connectivity index (χ4n) is 3.90. The van der Waals surface area contributed by atoms with Gasteiger partial charge < -0.3 is 20.5 Å². The van der Waals surface area contributed by atoms with Gasteiger partial charge in [0.2, 0.25) is 5.82 Å². The zero-order valence-corrected chi connectivity index (χ0v) is 17.7. The summed E-state index contributed by atoms with van der Waals surface area (Å²) in [5, 5.41) is 2.36. The highest BCUT2D eigenvalue weighted by Crippen LogP contribution is 2.55. The minimum Gasteiger partial charge on any atom is -0.493 e. The van der Waals surface area contributed by atoms with E-state index >= 15 is 0 Å². The highest BCUT2D eigenvalue weighted by molar-refractivity contribution is 5.97. The average molecular weight is 473 g/mol. The van der Waals surface area contributed by atoms with E-state index in [9.17, 15) is 31.5 Å². The molecule has 1 aliphatic heterocycles. The monoisotopic (exact) mass is 473 g/mol. The molecule has 178 valence electrons. The summed E-state index contributed by atoms with van der Waals surface area (Å²) in [7, 11) is 1.03. The third-order valence-corrected chi connectivity index (χ3v) is 5.85. The van der Waals surface area contributed by atoms with Crippen LogP contribution in [-0.4, -0.2) is 41.8 Å². The number of ether oxygens (including phenoxy) is 2. The molecule has 4 atom stereocenters. The van der Waals surface area contributed by atoms with Crippen molar-refractivity contribution in [3.05, 3.63) is 53.4 Å². The zero-order valence-electron chi connectivity index (χ0n) is 17.7. The quantitative estimate of drug-likeness (QED) is 0.647. The Morgan fingerprint density at radius 3 is 2.48 bits per heavy atom. The van der Waals surface area contributed by atoms with Gasteiger partial charge in [0.15, 0.2) is 17.2 Å². The molecule has 0 bridgehead atoms.